The molecular weight excluding hydrogens is 162 g/mol. The minimum absolute atomic E-state index is 0.112. The molecule has 1 aliphatic heterocycles. The monoisotopic (exact) mass is 181 g/mol. The molecule has 2 heteroatoms. The summed E-state index contributed by atoms with van der Waals surface area (Å²) in [4.78, 5) is 13.7. The number of amides is 1. The first-order chi connectivity index (χ1) is 6.16. The van der Waals surface area contributed by atoms with Crippen LogP contribution in [0.2, 0.25) is 0 Å². The van der Waals surface area contributed by atoms with Gasteiger partial charge in [0.05, 0.1) is 0 Å². The maximum atomic E-state index is 11.7. The standard InChI is InChI=1S/C11H19NO/c1-4-10-7-5-6-8-12(10)11(13)9(2)3/h4,9-10H,1,5-8H2,2-3H3. The minimum Gasteiger partial charge on any atom is -0.336 e. The predicted octanol–water partition coefficient (Wildman–Crippen LogP) is 2.21. The average Bonchev–Trinajstić information content (AvgIpc) is 2.16. The molecule has 1 saturated heterocycles. The fourth-order valence-corrected chi connectivity index (χ4v) is 1.81. The van der Waals surface area contributed by atoms with Gasteiger partial charge in [0.1, 0.15) is 0 Å². The lowest BCUT2D eigenvalue weighted by molar-refractivity contribution is -0.137. The van der Waals surface area contributed by atoms with Crippen LogP contribution in [-0.2, 0) is 4.79 Å². The van der Waals surface area contributed by atoms with Gasteiger partial charge in [0.15, 0.2) is 0 Å². The van der Waals surface area contributed by atoms with Crippen molar-refractivity contribution in [2.24, 2.45) is 5.92 Å². The van der Waals surface area contributed by atoms with E-state index in [9.17, 15) is 4.79 Å². The van der Waals surface area contributed by atoms with Crippen LogP contribution < -0.4 is 0 Å². The third kappa shape index (κ3) is 2.33. The third-order valence-electron chi connectivity index (χ3n) is 2.60. The lowest BCUT2D eigenvalue weighted by Gasteiger charge is -2.35. The summed E-state index contributed by atoms with van der Waals surface area (Å²) in [5.41, 5.74) is 0. The first kappa shape index (κ1) is 10.3. The van der Waals surface area contributed by atoms with Crippen molar-refractivity contribution in [1.29, 1.82) is 0 Å². The predicted molar refractivity (Wildman–Crippen MR) is 54.4 cm³/mol. The van der Waals surface area contributed by atoms with Gasteiger partial charge in [0, 0.05) is 18.5 Å². The Balaban J connectivity index is 2.63. The number of rotatable bonds is 2. The second-order valence-corrected chi connectivity index (χ2v) is 3.99. The van der Waals surface area contributed by atoms with Crippen molar-refractivity contribution < 1.29 is 4.79 Å². The van der Waals surface area contributed by atoms with E-state index < -0.39 is 0 Å². The van der Waals surface area contributed by atoms with E-state index in [2.05, 4.69) is 6.58 Å². The summed E-state index contributed by atoms with van der Waals surface area (Å²) in [6, 6.07) is 0.281. The van der Waals surface area contributed by atoms with Crippen molar-refractivity contribution in [2.45, 2.75) is 39.2 Å². The van der Waals surface area contributed by atoms with Crippen molar-refractivity contribution >= 4 is 5.91 Å². The molecule has 1 atom stereocenters. The molecule has 0 spiro atoms. The molecule has 74 valence electrons. The van der Waals surface area contributed by atoms with E-state index in [1.807, 2.05) is 24.8 Å². The topological polar surface area (TPSA) is 20.3 Å². The lowest BCUT2D eigenvalue weighted by Crippen LogP contribution is -2.44. The molecule has 1 heterocycles. The third-order valence-corrected chi connectivity index (χ3v) is 2.60. The maximum Gasteiger partial charge on any atom is 0.225 e. The van der Waals surface area contributed by atoms with Crippen LogP contribution in [0.15, 0.2) is 12.7 Å². The highest BCUT2D eigenvalue weighted by atomic mass is 16.2. The number of carbonyl (C=O) groups is 1. The van der Waals surface area contributed by atoms with Gasteiger partial charge in [-0.25, -0.2) is 0 Å². The Morgan fingerprint density at radius 3 is 2.77 bits per heavy atom. The van der Waals surface area contributed by atoms with E-state index >= 15 is 0 Å². The molecule has 1 rings (SSSR count). The van der Waals surface area contributed by atoms with Crippen molar-refractivity contribution in [1.82, 2.24) is 4.90 Å². The quantitative estimate of drug-likeness (QED) is 0.598. The highest BCUT2D eigenvalue weighted by Crippen LogP contribution is 2.19. The summed E-state index contributed by atoms with van der Waals surface area (Å²) in [6.07, 6.45) is 5.35. The molecule has 0 aromatic rings. The summed E-state index contributed by atoms with van der Waals surface area (Å²) >= 11 is 0. The molecule has 0 aromatic heterocycles. The summed E-state index contributed by atoms with van der Waals surface area (Å²) in [5.74, 6) is 0.380. The molecule has 1 aliphatic rings. The molecule has 2 nitrogen and oxygen atoms in total. The van der Waals surface area contributed by atoms with Crippen LogP contribution in [0.5, 0.6) is 0 Å². The first-order valence-corrected chi connectivity index (χ1v) is 5.10. The van der Waals surface area contributed by atoms with Crippen molar-refractivity contribution in [2.75, 3.05) is 6.54 Å². The molecule has 1 amide bonds. The summed E-state index contributed by atoms with van der Waals surface area (Å²) in [7, 11) is 0. The maximum absolute atomic E-state index is 11.7. The van der Waals surface area contributed by atoms with Crippen LogP contribution in [0.25, 0.3) is 0 Å². The van der Waals surface area contributed by atoms with Gasteiger partial charge in [0.25, 0.3) is 0 Å². The number of nitrogens with zero attached hydrogens (tertiary/aromatic N) is 1. The Kier molecular flexibility index (Phi) is 3.52. The molecule has 1 fully saturated rings. The number of hydrogen-bond donors (Lipinski definition) is 0. The van der Waals surface area contributed by atoms with Crippen LogP contribution in [0.3, 0.4) is 0 Å². The highest BCUT2D eigenvalue weighted by molar-refractivity contribution is 5.78. The Labute approximate surface area is 80.6 Å². The molecular formula is C11H19NO. The second kappa shape index (κ2) is 4.45. The molecule has 0 N–H and O–H groups in total. The molecule has 13 heavy (non-hydrogen) atoms. The van der Waals surface area contributed by atoms with E-state index in [4.69, 9.17) is 0 Å². The number of hydrogen-bond acceptors (Lipinski definition) is 1. The zero-order valence-electron chi connectivity index (χ0n) is 8.62. The number of likely N-dealkylation sites (tertiary alicyclic amines) is 1. The van der Waals surface area contributed by atoms with E-state index in [0.717, 1.165) is 19.4 Å². The van der Waals surface area contributed by atoms with Crippen molar-refractivity contribution in [3.05, 3.63) is 12.7 Å². The Morgan fingerprint density at radius 2 is 2.23 bits per heavy atom. The van der Waals surface area contributed by atoms with Crippen molar-refractivity contribution in [3.63, 3.8) is 0 Å². The number of carbonyl (C=O) groups excluding carboxylic acids is 1. The van der Waals surface area contributed by atoms with Crippen LogP contribution >= 0.6 is 0 Å². The molecule has 0 aliphatic carbocycles. The largest absolute Gasteiger partial charge is 0.336 e. The molecule has 0 saturated carbocycles. The van der Waals surface area contributed by atoms with Gasteiger partial charge in [-0.2, -0.15) is 0 Å². The summed E-state index contributed by atoms with van der Waals surface area (Å²) in [6.45, 7) is 8.60. The first-order valence-electron chi connectivity index (χ1n) is 5.10. The smallest absolute Gasteiger partial charge is 0.225 e. The van der Waals surface area contributed by atoms with Crippen LogP contribution in [0.1, 0.15) is 33.1 Å². The van der Waals surface area contributed by atoms with Gasteiger partial charge in [-0.3, -0.25) is 4.79 Å². The Hall–Kier alpha value is -0.790. The van der Waals surface area contributed by atoms with E-state index in [0.29, 0.717) is 0 Å². The van der Waals surface area contributed by atoms with Crippen LogP contribution in [0.4, 0.5) is 0 Å². The minimum atomic E-state index is 0.112. The fraction of sp³-hybridized carbons (Fsp3) is 0.727. The van der Waals surface area contributed by atoms with Gasteiger partial charge in [0.2, 0.25) is 5.91 Å². The fourth-order valence-electron chi connectivity index (χ4n) is 1.81. The van der Waals surface area contributed by atoms with E-state index in [-0.39, 0.29) is 17.9 Å². The van der Waals surface area contributed by atoms with E-state index in [1.165, 1.54) is 6.42 Å². The highest BCUT2D eigenvalue weighted by Gasteiger charge is 2.25. The lowest BCUT2D eigenvalue weighted by atomic mass is 10.0. The van der Waals surface area contributed by atoms with Gasteiger partial charge in [-0.05, 0) is 19.3 Å². The van der Waals surface area contributed by atoms with Crippen LogP contribution in [0, 0.1) is 5.92 Å². The average molecular weight is 181 g/mol. The van der Waals surface area contributed by atoms with E-state index in [1.54, 1.807) is 0 Å². The molecule has 0 aromatic carbocycles. The van der Waals surface area contributed by atoms with Crippen LogP contribution in [-0.4, -0.2) is 23.4 Å². The Morgan fingerprint density at radius 1 is 1.54 bits per heavy atom. The molecule has 1 unspecified atom stereocenters. The summed E-state index contributed by atoms with van der Waals surface area (Å²) in [5, 5.41) is 0. The second-order valence-electron chi connectivity index (χ2n) is 3.99. The van der Waals surface area contributed by atoms with Gasteiger partial charge in [-0.1, -0.05) is 19.9 Å². The van der Waals surface area contributed by atoms with Gasteiger partial charge in [-0.15, -0.1) is 6.58 Å². The number of piperidine rings is 1. The normalized spacial score (nSPS) is 23.3. The zero-order valence-corrected chi connectivity index (χ0v) is 8.62. The van der Waals surface area contributed by atoms with Crippen molar-refractivity contribution in [3.8, 4) is 0 Å². The Bertz CT molecular complexity index is 198. The summed E-state index contributed by atoms with van der Waals surface area (Å²) < 4.78 is 0. The SMILES string of the molecule is C=CC1CCCCN1C(=O)C(C)C. The molecule has 0 bridgehead atoms. The molecule has 0 radical (unpaired) electrons. The van der Waals surface area contributed by atoms with Gasteiger partial charge >= 0.3 is 0 Å². The zero-order chi connectivity index (χ0) is 9.84. The van der Waals surface area contributed by atoms with Gasteiger partial charge < -0.3 is 4.90 Å².